The lowest BCUT2D eigenvalue weighted by Crippen LogP contribution is -2.64. The second kappa shape index (κ2) is 5.15. The van der Waals surface area contributed by atoms with Gasteiger partial charge in [0.15, 0.2) is 0 Å². The van der Waals surface area contributed by atoms with Crippen LogP contribution in [0.4, 0.5) is 0 Å². The number of piperazine rings is 3. The standard InChI is InChI=1S/C13H19ClN4/c14-11-3-1-2-10(8-11)13(16-15)12-9-17-4-6-18(12)7-5-17/h1-3,8,12-13,16H,4-7,9,15H2. The average Bonchev–Trinajstić information content (AvgIpc) is 2.41. The molecule has 0 radical (unpaired) electrons. The van der Waals surface area contributed by atoms with Crippen molar-refractivity contribution in [3.05, 3.63) is 34.9 Å². The lowest BCUT2D eigenvalue weighted by Gasteiger charge is -2.50. The Labute approximate surface area is 113 Å². The summed E-state index contributed by atoms with van der Waals surface area (Å²) < 4.78 is 0. The van der Waals surface area contributed by atoms with Crippen LogP contribution in [-0.2, 0) is 0 Å². The van der Waals surface area contributed by atoms with E-state index in [0.29, 0.717) is 6.04 Å². The summed E-state index contributed by atoms with van der Waals surface area (Å²) >= 11 is 6.07. The van der Waals surface area contributed by atoms with E-state index in [0.717, 1.165) is 24.7 Å². The maximum atomic E-state index is 6.07. The Kier molecular flexibility index (Phi) is 3.54. The van der Waals surface area contributed by atoms with Crippen LogP contribution in [0.2, 0.25) is 5.02 Å². The van der Waals surface area contributed by atoms with E-state index in [1.54, 1.807) is 0 Å². The van der Waals surface area contributed by atoms with Crippen LogP contribution in [0.15, 0.2) is 24.3 Å². The molecule has 3 aliphatic heterocycles. The van der Waals surface area contributed by atoms with E-state index in [1.165, 1.54) is 18.7 Å². The molecule has 2 unspecified atom stereocenters. The number of fused-ring (bicyclic) bond motifs is 3. The fraction of sp³-hybridized carbons (Fsp3) is 0.538. The van der Waals surface area contributed by atoms with Crippen LogP contribution < -0.4 is 11.3 Å². The van der Waals surface area contributed by atoms with Crippen molar-refractivity contribution in [3.63, 3.8) is 0 Å². The summed E-state index contributed by atoms with van der Waals surface area (Å²) in [5.74, 6) is 5.78. The number of nitrogens with zero attached hydrogens (tertiary/aromatic N) is 2. The summed E-state index contributed by atoms with van der Waals surface area (Å²) in [7, 11) is 0. The van der Waals surface area contributed by atoms with Crippen molar-refractivity contribution < 1.29 is 0 Å². The zero-order chi connectivity index (χ0) is 12.5. The van der Waals surface area contributed by atoms with Crippen LogP contribution in [0.3, 0.4) is 0 Å². The second-order valence-electron chi connectivity index (χ2n) is 5.10. The molecule has 0 aromatic heterocycles. The molecular formula is C13H19ClN4. The number of rotatable bonds is 3. The van der Waals surface area contributed by atoms with Crippen LogP contribution in [0, 0.1) is 0 Å². The van der Waals surface area contributed by atoms with Gasteiger partial charge in [0.05, 0.1) is 6.04 Å². The van der Waals surface area contributed by atoms with E-state index in [2.05, 4.69) is 21.3 Å². The maximum Gasteiger partial charge on any atom is 0.0628 e. The lowest BCUT2D eigenvalue weighted by atomic mass is 9.94. The molecule has 3 N–H and O–H groups in total. The summed E-state index contributed by atoms with van der Waals surface area (Å²) in [5.41, 5.74) is 4.14. The second-order valence-corrected chi connectivity index (χ2v) is 5.54. The molecule has 0 amide bonds. The van der Waals surface area contributed by atoms with Crippen LogP contribution >= 0.6 is 11.6 Å². The molecule has 1 aromatic carbocycles. The van der Waals surface area contributed by atoms with Gasteiger partial charge in [0.25, 0.3) is 0 Å². The zero-order valence-corrected chi connectivity index (χ0v) is 11.1. The first-order valence-electron chi connectivity index (χ1n) is 6.46. The van der Waals surface area contributed by atoms with Gasteiger partial charge in [-0.3, -0.25) is 21.1 Å². The van der Waals surface area contributed by atoms with Crippen molar-refractivity contribution >= 4 is 11.6 Å². The van der Waals surface area contributed by atoms with E-state index in [-0.39, 0.29) is 6.04 Å². The van der Waals surface area contributed by atoms with Gasteiger partial charge in [-0.15, -0.1) is 0 Å². The normalized spacial score (nSPS) is 32.4. The molecule has 3 saturated heterocycles. The van der Waals surface area contributed by atoms with Crippen molar-refractivity contribution in [2.24, 2.45) is 5.84 Å². The Morgan fingerprint density at radius 3 is 2.61 bits per heavy atom. The fourth-order valence-electron chi connectivity index (χ4n) is 3.10. The third-order valence-electron chi connectivity index (χ3n) is 4.09. The maximum absolute atomic E-state index is 6.07. The highest BCUT2D eigenvalue weighted by Crippen LogP contribution is 2.27. The van der Waals surface area contributed by atoms with E-state index >= 15 is 0 Å². The summed E-state index contributed by atoms with van der Waals surface area (Å²) in [6.07, 6.45) is 0. The summed E-state index contributed by atoms with van der Waals surface area (Å²) in [6, 6.07) is 8.57. The van der Waals surface area contributed by atoms with Gasteiger partial charge < -0.3 is 0 Å². The van der Waals surface area contributed by atoms with Crippen LogP contribution in [-0.4, -0.2) is 48.6 Å². The highest BCUT2D eigenvalue weighted by atomic mass is 35.5. The molecule has 4 rings (SSSR count). The van der Waals surface area contributed by atoms with E-state index in [9.17, 15) is 0 Å². The molecule has 3 aliphatic rings. The molecule has 3 heterocycles. The molecule has 5 heteroatoms. The average molecular weight is 267 g/mol. The first-order valence-corrected chi connectivity index (χ1v) is 6.84. The number of nitrogens with one attached hydrogen (secondary N) is 1. The zero-order valence-electron chi connectivity index (χ0n) is 10.3. The molecule has 0 saturated carbocycles. The Bertz CT molecular complexity index is 417. The van der Waals surface area contributed by atoms with Gasteiger partial charge in [-0.1, -0.05) is 23.7 Å². The molecule has 2 atom stereocenters. The van der Waals surface area contributed by atoms with Gasteiger partial charge >= 0.3 is 0 Å². The van der Waals surface area contributed by atoms with Gasteiger partial charge in [0, 0.05) is 43.8 Å². The van der Waals surface area contributed by atoms with Crippen LogP contribution in [0.1, 0.15) is 11.6 Å². The van der Waals surface area contributed by atoms with Crippen molar-refractivity contribution in [3.8, 4) is 0 Å². The minimum Gasteiger partial charge on any atom is -0.299 e. The smallest absolute Gasteiger partial charge is 0.0628 e. The van der Waals surface area contributed by atoms with E-state index < -0.39 is 0 Å². The fourth-order valence-corrected chi connectivity index (χ4v) is 3.30. The Morgan fingerprint density at radius 1 is 1.28 bits per heavy atom. The molecule has 0 aliphatic carbocycles. The Balaban J connectivity index is 1.84. The molecule has 1 aromatic rings. The number of nitrogens with two attached hydrogens (primary N) is 1. The first kappa shape index (κ1) is 12.4. The number of hydrazine groups is 1. The van der Waals surface area contributed by atoms with Crippen LogP contribution in [0.5, 0.6) is 0 Å². The molecule has 0 spiro atoms. The Morgan fingerprint density at radius 2 is 2.06 bits per heavy atom. The SMILES string of the molecule is NNC(c1cccc(Cl)c1)C1CN2CCN1CC2. The Hall–Kier alpha value is -0.650. The molecule has 18 heavy (non-hydrogen) atoms. The summed E-state index contributed by atoms with van der Waals surface area (Å²) in [4.78, 5) is 5.05. The minimum absolute atomic E-state index is 0.145. The number of benzene rings is 1. The molecular weight excluding hydrogens is 248 g/mol. The van der Waals surface area contributed by atoms with Gasteiger partial charge in [-0.05, 0) is 17.7 Å². The van der Waals surface area contributed by atoms with Crippen molar-refractivity contribution in [1.82, 2.24) is 15.2 Å². The van der Waals surface area contributed by atoms with E-state index in [4.69, 9.17) is 17.4 Å². The third-order valence-corrected chi connectivity index (χ3v) is 4.33. The highest BCUT2D eigenvalue weighted by Gasteiger charge is 2.36. The van der Waals surface area contributed by atoms with Crippen LogP contribution in [0.25, 0.3) is 0 Å². The largest absolute Gasteiger partial charge is 0.299 e. The molecule has 2 bridgehead atoms. The summed E-state index contributed by atoms with van der Waals surface area (Å²) in [5, 5.41) is 0.768. The molecule has 3 fully saturated rings. The van der Waals surface area contributed by atoms with Crippen molar-refractivity contribution in [1.29, 1.82) is 0 Å². The van der Waals surface area contributed by atoms with Gasteiger partial charge in [0.2, 0.25) is 0 Å². The van der Waals surface area contributed by atoms with Gasteiger partial charge in [-0.2, -0.15) is 0 Å². The number of halogens is 1. The van der Waals surface area contributed by atoms with Gasteiger partial charge in [0.1, 0.15) is 0 Å². The summed E-state index contributed by atoms with van der Waals surface area (Å²) in [6.45, 7) is 5.74. The monoisotopic (exact) mass is 266 g/mol. The number of hydrogen-bond acceptors (Lipinski definition) is 4. The lowest BCUT2D eigenvalue weighted by molar-refractivity contribution is -0.00369. The van der Waals surface area contributed by atoms with Crippen molar-refractivity contribution in [2.75, 3.05) is 32.7 Å². The third kappa shape index (κ3) is 2.27. The molecule has 4 nitrogen and oxygen atoms in total. The minimum atomic E-state index is 0.145. The molecule has 98 valence electrons. The number of hydrogen-bond donors (Lipinski definition) is 2. The highest BCUT2D eigenvalue weighted by molar-refractivity contribution is 6.30. The topological polar surface area (TPSA) is 44.5 Å². The quantitative estimate of drug-likeness (QED) is 0.629. The predicted octanol–water partition coefficient (Wildman–Crippen LogP) is 0.844. The predicted molar refractivity (Wildman–Crippen MR) is 73.3 cm³/mol. The van der Waals surface area contributed by atoms with Crippen molar-refractivity contribution in [2.45, 2.75) is 12.1 Å². The van der Waals surface area contributed by atoms with Gasteiger partial charge in [-0.25, -0.2) is 0 Å². The van der Waals surface area contributed by atoms with E-state index in [1.807, 2.05) is 18.2 Å². The first-order chi connectivity index (χ1) is 8.78.